The highest BCUT2D eigenvalue weighted by Crippen LogP contribution is 2.15. The minimum atomic E-state index is -0.417. The number of halogens is 1. The number of carbonyl (C=O) groups is 1. The van der Waals surface area contributed by atoms with Crippen LogP contribution in [0.15, 0.2) is 54.9 Å². The monoisotopic (exact) mass is 327 g/mol. The molecule has 6 heteroatoms. The van der Waals surface area contributed by atoms with Crippen LogP contribution in [0.4, 0.5) is 0 Å². The Morgan fingerprint density at radius 3 is 2.65 bits per heavy atom. The van der Waals surface area contributed by atoms with Crippen molar-refractivity contribution in [1.82, 2.24) is 14.8 Å². The van der Waals surface area contributed by atoms with Crippen LogP contribution in [-0.4, -0.2) is 20.7 Å². The molecule has 0 unspecified atom stereocenters. The molecule has 0 spiro atoms. The molecule has 0 radical (unpaired) electrons. The number of aromatic nitrogens is 3. The third-order valence-corrected chi connectivity index (χ3v) is 3.61. The number of ether oxygens (including phenoxy) is 1. The van der Waals surface area contributed by atoms with Gasteiger partial charge < -0.3 is 4.74 Å². The summed E-state index contributed by atoms with van der Waals surface area (Å²) in [5.74, 6) is -0.417. The molecule has 0 aliphatic heterocycles. The van der Waals surface area contributed by atoms with Gasteiger partial charge in [0.15, 0.2) is 0 Å². The Bertz CT molecular complexity index is 814. The van der Waals surface area contributed by atoms with Gasteiger partial charge in [0.2, 0.25) is 0 Å². The van der Waals surface area contributed by atoms with Crippen molar-refractivity contribution < 1.29 is 9.53 Å². The highest BCUT2D eigenvalue weighted by atomic mass is 35.5. The molecule has 0 fully saturated rings. The first-order valence-corrected chi connectivity index (χ1v) is 7.40. The molecule has 0 atom stereocenters. The number of hydrogen-bond donors (Lipinski definition) is 0. The fourth-order valence-electron chi connectivity index (χ4n) is 2.16. The topological polar surface area (TPSA) is 57.0 Å². The Morgan fingerprint density at radius 1 is 1.17 bits per heavy atom. The van der Waals surface area contributed by atoms with Gasteiger partial charge in [-0.05, 0) is 25.1 Å². The summed E-state index contributed by atoms with van der Waals surface area (Å²) in [5.41, 5.74) is 2.84. The second kappa shape index (κ2) is 6.62. The summed E-state index contributed by atoms with van der Waals surface area (Å²) in [6.07, 6.45) is 3.10. The van der Waals surface area contributed by atoms with Crippen LogP contribution in [0.5, 0.6) is 0 Å². The summed E-state index contributed by atoms with van der Waals surface area (Å²) in [4.78, 5) is 16.2. The number of nitrogens with zero attached hydrogens (tertiary/aromatic N) is 3. The average molecular weight is 328 g/mol. The highest BCUT2D eigenvalue weighted by Gasteiger charge is 2.16. The second-order valence-corrected chi connectivity index (χ2v) is 5.34. The van der Waals surface area contributed by atoms with E-state index in [1.165, 1.54) is 6.20 Å². The molecule has 116 valence electrons. The Hall–Kier alpha value is -2.66. The molecular weight excluding hydrogens is 314 g/mol. The molecule has 0 saturated heterocycles. The second-order valence-electron chi connectivity index (χ2n) is 4.96. The van der Waals surface area contributed by atoms with Crippen molar-refractivity contribution in [3.8, 4) is 5.69 Å². The molecular formula is C17H14ClN3O2. The van der Waals surface area contributed by atoms with Crippen molar-refractivity contribution in [2.24, 2.45) is 0 Å². The van der Waals surface area contributed by atoms with E-state index in [-0.39, 0.29) is 6.61 Å². The summed E-state index contributed by atoms with van der Waals surface area (Å²) < 4.78 is 7.02. The number of para-hydroxylation sites is 1. The van der Waals surface area contributed by atoms with E-state index < -0.39 is 5.97 Å². The predicted octanol–water partition coefficient (Wildman–Crippen LogP) is 3.59. The lowest BCUT2D eigenvalue weighted by atomic mass is 10.2. The maximum atomic E-state index is 12.2. The van der Waals surface area contributed by atoms with Crippen molar-refractivity contribution in [1.29, 1.82) is 0 Å². The normalized spacial score (nSPS) is 10.5. The van der Waals surface area contributed by atoms with E-state index in [9.17, 15) is 4.79 Å². The number of rotatable bonds is 4. The van der Waals surface area contributed by atoms with E-state index >= 15 is 0 Å². The van der Waals surface area contributed by atoms with Crippen LogP contribution in [0.3, 0.4) is 0 Å². The van der Waals surface area contributed by atoms with Gasteiger partial charge in [0, 0.05) is 11.8 Å². The fourth-order valence-corrected chi connectivity index (χ4v) is 2.27. The number of hydrogen-bond acceptors (Lipinski definition) is 4. The number of esters is 1. The van der Waals surface area contributed by atoms with E-state index in [1.54, 1.807) is 23.0 Å². The molecule has 1 aromatic carbocycles. The summed E-state index contributed by atoms with van der Waals surface area (Å²) in [7, 11) is 0. The maximum absolute atomic E-state index is 12.2. The molecule has 3 aromatic rings. The van der Waals surface area contributed by atoms with E-state index in [0.717, 1.165) is 16.9 Å². The van der Waals surface area contributed by atoms with Crippen molar-refractivity contribution in [2.75, 3.05) is 0 Å². The Labute approximate surface area is 138 Å². The minimum Gasteiger partial charge on any atom is -0.457 e. The predicted molar refractivity (Wildman–Crippen MR) is 86.7 cm³/mol. The molecule has 5 nitrogen and oxygen atoms in total. The number of benzene rings is 1. The Morgan fingerprint density at radius 2 is 1.96 bits per heavy atom. The van der Waals surface area contributed by atoms with Crippen LogP contribution >= 0.6 is 11.6 Å². The van der Waals surface area contributed by atoms with Crippen LogP contribution in [0, 0.1) is 6.92 Å². The van der Waals surface area contributed by atoms with Gasteiger partial charge in [-0.1, -0.05) is 35.9 Å². The molecule has 0 amide bonds. The van der Waals surface area contributed by atoms with Gasteiger partial charge in [-0.3, -0.25) is 0 Å². The largest absolute Gasteiger partial charge is 0.457 e. The van der Waals surface area contributed by atoms with Crippen LogP contribution in [0.1, 0.15) is 21.6 Å². The Kier molecular flexibility index (Phi) is 4.39. The summed E-state index contributed by atoms with van der Waals surface area (Å²) in [6.45, 7) is 1.97. The molecule has 0 saturated carbocycles. The minimum absolute atomic E-state index is 0.138. The zero-order valence-corrected chi connectivity index (χ0v) is 13.2. The van der Waals surface area contributed by atoms with Crippen molar-refractivity contribution in [3.63, 3.8) is 0 Å². The van der Waals surface area contributed by atoms with Crippen molar-refractivity contribution in [2.45, 2.75) is 13.5 Å². The lowest BCUT2D eigenvalue weighted by Crippen LogP contribution is -2.07. The smallest absolute Gasteiger partial charge is 0.341 e. The van der Waals surface area contributed by atoms with Gasteiger partial charge >= 0.3 is 5.97 Å². The first-order valence-electron chi connectivity index (χ1n) is 7.03. The van der Waals surface area contributed by atoms with E-state index in [0.29, 0.717) is 10.7 Å². The van der Waals surface area contributed by atoms with Gasteiger partial charge in [-0.2, -0.15) is 5.10 Å². The van der Waals surface area contributed by atoms with Crippen molar-refractivity contribution >= 4 is 17.6 Å². The number of carbonyl (C=O) groups excluding carboxylic acids is 1. The summed E-state index contributed by atoms with van der Waals surface area (Å²) >= 11 is 5.72. The molecule has 0 bridgehead atoms. The summed E-state index contributed by atoms with van der Waals surface area (Å²) in [5, 5.41) is 4.66. The van der Waals surface area contributed by atoms with Crippen molar-refractivity contribution in [3.05, 3.63) is 76.8 Å². The lowest BCUT2D eigenvalue weighted by Gasteiger charge is -2.06. The number of pyridine rings is 1. The Balaban J connectivity index is 1.73. The van der Waals surface area contributed by atoms with Gasteiger partial charge in [0.25, 0.3) is 0 Å². The quantitative estimate of drug-likeness (QED) is 0.543. The lowest BCUT2D eigenvalue weighted by molar-refractivity contribution is 0.0471. The first-order chi connectivity index (χ1) is 11.1. The molecule has 23 heavy (non-hydrogen) atoms. The fraction of sp³-hybridized carbons (Fsp3) is 0.118. The standard InChI is InChI=1S/C17H14ClN3O2/c1-12-15(10-20-21(12)14-5-3-2-4-6-14)17(22)23-11-13-7-8-16(18)19-9-13/h2-10H,11H2,1H3. The van der Waals surface area contributed by atoms with Gasteiger partial charge in [-0.15, -0.1) is 0 Å². The van der Waals surface area contributed by atoms with E-state index in [2.05, 4.69) is 10.1 Å². The van der Waals surface area contributed by atoms with E-state index in [4.69, 9.17) is 16.3 Å². The van der Waals surface area contributed by atoms with Gasteiger partial charge in [0.1, 0.15) is 17.3 Å². The SMILES string of the molecule is Cc1c(C(=O)OCc2ccc(Cl)nc2)cnn1-c1ccccc1. The third kappa shape index (κ3) is 3.40. The van der Waals surface area contributed by atoms with E-state index in [1.807, 2.05) is 37.3 Å². The zero-order chi connectivity index (χ0) is 16.2. The van der Waals surface area contributed by atoms with Gasteiger partial charge in [0.05, 0.1) is 17.6 Å². The molecule has 0 N–H and O–H groups in total. The average Bonchev–Trinajstić information content (AvgIpc) is 2.96. The van der Waals surface area contributed by atoms with Crippen LogP contribution in [0.25, 0.3) is 5.69 Å². The summed E-state index contributed by atoms with van der Waals surface area (Å²) in [6, 6.07) is 13.0. The van der Waals surface area contributed by atoms with Crippen LogP contribution in [-0.2, 0) is 11.3 Å². The molecule has 0 aliphatic carbocycles. The third-order valence-electron chi connectivity index (χ3n) is 3.39. The maximum Gasteiger partial charge on any atom is 0.341 e. The van der Waals surface area contributed by atoms with Gasteiger partial charge in [-0.25, -0.2) is 14.5 Å². The molecule has 3 rings (SSSR count). The first kappa shape index (κ1) is 15.2. The zero-order valence-electron chi connectivity index (χ0n) is 12.4. The van der Waals surface area contributed by atoms with Crippen LogP contribution in [0.2, 0.25) is 5.15 Å². The molecule has 0 aliphatic rings. The highest BCUT2D eigenvalue weighted by molar-refractivity contribution is 6.29. The molecule has 2 heterocycles. The molecule has 2 aromatic heterocycles. The van der Waals surface area contributed by atoms with Crippen LogP contribution < -0.4 is 0 Å².